The van der Waals surface area contributed by atoms with E-state index in [1.54, 1.807) is 19.1 Å². The Kier molecular flexibility index (Phi) is 4.37. The Labute approximate surface area is 122 Å². The molecule has 0 spiro atoms. The van der Waals surface area contributed by atoms with Crippen LogP contribution in [0.5, 0.6) is 11.6 Å². The van der Waals surface area contributed by atoms with Crippen molar-refractivity contribution in [1.29, 1.82) is 0 Å². The van der Waals surface area contributed by atoms with Crippen molar-refractivity contribution >= 4 is 27.5 Å². The fraction of sp³-hybridized carbons (Fsp3) is 0.154. The highest BCUT2D eigenvalue weighted by molar-refractivity contribution is 9.10. The molecular formula is C13H9BrClF2NO. The van der Waals surface area contributed by atoms with Crippen LogP contribution in [0.3, 0.4) is 0 Å². The third kappa shape index (κ3) is 3.22. The van der Waals surface area contributed by atoms with E-state index in [1.807, 2.05) is 0 Å². The van der Waals surface area contributed by atoms with Gasteiger partial charge in [0.15, 0.2) is 11.6 Å². The molecule has 1 aromatic heterocycles. The SMILES string of the molecule is Cc1nc(Oc2cc(Br)cc(F)c2F)ccc1CCl. The number of aromatic nitrogens is 1. The van der Waals surface area contributed by atoms with Crippen molar-refractivity contribution in [2.24, 2.45) is 0 Å². The van der Waals surface area contributed by atoms with Gasteiger partial charge in [0, 0.05) is 22.1 Å². The highest BCUT2D eigenvalue weighted by atomic mass is 79.9. The summed E-state index contributed by atoms with van der Waals surface area (Å²) >= 11 is 8.79. The van der Waals surface area contributed by atoms with Crippen LogP contribution in [0, 0.1) is 18.6 Å². The first-order valence-corrected chi connectivity index (χ1v) is 6.69. The second kappa shape index (κ2) is 5.84. The number of aryl methyl sites for hydroxylation is 1. The quantitative estimate of drug-likeness (QED) is 0.577. The van der Waals surface area contributed by atoms with Crippen LogP contribution in [0.1, 0.15) is 11.3 Å². The van der Waals surface area contributed by atoms with Crippen molar-refractivity contribution in [3.8, 4) is 11.6 Å². The summed E-state index contributed by atoms with van der Waals surface area (Å²) in [5.74, 6) is -1.75. The topological polar surface area (TPSA) is 22.1 Å². The van der Waals surface area contributed by atoms with Gasteiger partial charge < -0.3 is 4.74 Å². The molecule has 19 heavy (non-hydrogen) atoms. The maximum Gasteiger partial charge on any atom is 0.219 e. The number of alkyl halides is 1. The van der Waals surface area contributed by atoms with Crippen molar-refractivity contribution in [3.05, 3.63) is 51.6 Å². The molecule has 0 aliphatic rings. The normalized spacial score (nSPS) is 10.6. The lowest BCUT2D eigenvalue weighted by Gasteiger charge is -2.09. The first kappa shape index (κ1) is 14.2. The largest absolute Gasteiger partial charge is 0.436 e. The fourth-order valence-electron chi connectivity index (χ4n) is 1.48. The minimum Gasteiger partial charge on any atom is -0.436 e. The van der Waals surface area contributed by atoms with E-state index < -0.39 is 11.6 Å². The molecule has 0 bridgehead atoms. The predicted octanol–water partition coefficient (Wildman–Crippen LogP) is 4.96. The molecular weight excluding hydrogens is 340 g/mol. The molecule has 2 aromatic rings. The molecule has 0 aliphatic carbocycles. The van der Waals surface area contributed by atoms with Gasteiger partial charge in [-0.25, -0.2) is 9.37 Å². The second-order valence-electron chi connectivity index (χ2n) is 3.83. The number of halogens is 4. The van der Waals surface area contributed by atoms with E-state index in [2.05, 4.69) is 20.9 Å². The maximum absolute atomic E-state index is 13.5. The van der Waals surface area contributed by atoms with E-state index in [4.69, 9.17) is 16.3 Å². The summed E-state index contributed by atoms with van der Waals surface area (Å²) in [6.07, 6.45) is 0. The van der Waals surface area contributed by atoms with Crippen LogP contribution in [-0.4, -0.2) is 4.98 Å². The molecule has 2 rings (SSSR count). The Morgan fingerprint density at radius 2 is 2.05 bits per heavy atom. The van der Waals surface area contributed by atoms with Crippen molar-refractivity contribution in [1.82, 2.24) is 4.98 Å². The molecule has 0 saturated heterocycles. The molecule has 0 unspecified atom stereocenters. The van der Waals surface area contributed by atoms with Crippen molar-refractivity contribution in [3.63, 3.8) is 0 Å². The molecule has 100 valence electrons. The zero-order valence-corrected chi connectivity index (χ0v) is 12.2. The van der Waals surface area contributed by atoms with Crippen LogP contribution < -0.4 is 4.74 Å². The lowest BCUT2D eigenvalue weighted by atomic mass is 10.2. The minimum atomic E-state index is -1.05. The summed E-state index contributed by atoms with van der Waals surface area (Å²) in [6.45, 7) is 1.77. The Balaban J connectivity index is 2.33. The molecule has 0 aliphatic heterocycles. The molecule has 0 atom stereocenters. The Morgan fingerprint density at radius 3 is 2.68 bits per heavy atom. The van der Waals surface area contributed by atoms with Crippen LogP contribution >= 0.6 is 27.5 Å². The van der Waals surface area contributed by atoms with E-state index in [-0.39, 0.29) is 11.6 Å². The van der Waals surface area contributed by atoms with Gasteiger partial charge >= 0.3 is 0 Å². The monoisotopic (exact) mass is 347 g/mol. The molecule has 6 heteroatoms. The van der Waals surface area contributed by atoms with Crippen LogP contribution in [0.15, 0.2) is 28.7 Å². The van der Waals surface area contributed by atoms with Crippen molar-refractivity contribution in [2.75, 3.05) is 0 Å². The van der Waals surface area contributed by atoms with Crippen molar-refractivity contribution < 1.29 is 13.5 Å². The molecule has 1 aromatic carbocycles. The molecule has 0 saturated carbocycles. The van der Waals surface area contributed by atoms with Crippen LogP contribution in [0.2, 0.25) is 0 Å². The summed E-state index contributed by atoms with van der Waals surface area (Å²) in [6, 6.07) is 5.65. The van der Waals surface area contributed by atoms with E-state index in [0.29, 0.717) is 16.0 Å². The standard InChI is InChI=1S/C13H9BrClF2NO/c1-7-8(6-15)2-3-12(18-7)19-11-5-9(14)4-10(16)13(11)17/h2-5H,6H2,1H3. The number of nitrogens with zero attached hydrogens (tertiary/aromatic N) is 1. The predicted molar refractivity (Wildman–Crippen MR) is 72.7 cm³/mol. The van der Waals surface area contributed by atoms with Gasteiger partial charge in [-0.05, 0) is 24.6 Å². The van der Waals surface area contributed by atoms with Gasteiger partial charge in [0.1, 0.15) is 0 Å². The molecule has 0 amide bonds. The first-order valence-electron chi connectivity index (χ1n) is 5.36. The number of pyridine rings is 1. The van der Waals surface area contributed by atoms with Gasteiger partial charge in [0.25, 0.3) is 0 Å². The number of rotatable bonds is 3. The summed E-state index contributed by atoms with van der Waals surface area (Å²) in [5, 5.41) is 0. The highest BCUT2D eigenvalue weighted by Gasteiger charge is 2.13. The van der Waals surface area contributed by atoms with Gasteiger partial charge in [-0.1, -0.05) is 22.0 Å². The van der Waals surface area contributed by atoms with E-state index in [0.717, 1.165) is 11.6 Å². The second-order valence-corrected chi connectivity index (χ2v) is 5.01. The van der Waals surface area contributed by atoms with Gasteiger partial charge in [-0.15, -0.1) is 11.6 Å². The summed E-state index contributed by atoms with van der Waals surface area (Å²) < 4.78 is 32.4. The van der Waals surface area contributed by atoms with Gasteiger partial charge in [0.2, 0.25) is 11.7 Å². The maximum atomic E-state index is 13.5. The number of hydrogen-bond acceptors (Lipinski definition) is 2. The Bertz CT molecular complexity index is 622. The Hall–Kier alpha value is -1.20. The Morgan fingerprint density at radius 1 is 1.32 bits per heavy atom. The van der Waals surface area contributed by atoms with E-state index >= 15 is 0 Å². The van der Waals surface area contributed by atoms with Crippen LogP contribution in [0.25, 0.3) is 0 Å². The summed E-state index contributed by atoms with van der Waals surface area (Å²) in [7, 11) is 0. The first-order chi connectivity index (χ1) is 9.01. The highest BCUT2D eigenvalue weighted by Crippen LogP contribution is 2.29. The fourth-order valence-corrected chi connectivity index (χ4v) is 2.18. The molecule has 0 fully saturated rings. The van der Waals surface area contributed by atoms with Crippen molar-refractivity contribution in [2.45, 2.75) is 12.8 Å². The van der Waals surface area contributed by atoms with Gasteiger partial charge in [-0.3, -0.25) is 0 Å². The lowest BCUT2D eigenvalue weighted by molar-refractivity contribution is 0.404. The van der Waals surface area contributed by atoms with E-state index in [1.165, 1.54) is 6.07 Å². The summed E-state index contributed by atoms with van der Waals surface area (Å²) in [5.41, 5.74) is 1.54. The third-order valence-electron chi connectivity index (χ3n) is 2.49. The minimum absolute atomic E-state index is 0.183. The zero-order valence-electron chi connectivity index (χ0n) is 9.88. The summed E-state index contributed by atoms with van der Waals surface area (Å²) in [4.78, 5) is 4.13. The molecule has 1 heterocycles. The molecule has 0 N–H and O–H groups in total. The molecule has 2 nitrogen and oxygen atoms in total. The number of benzene rings is 1. The number of hydrogen-bond donors (Lipinski definition) is 0. The third-order valence-corrected chi connectivity index (χ3v) is 3.23. The lowest BCUT2D eigenvalue weighted by Crippen LogP contribution is -1.96. The average Bonchev–Trinajstić information content (AvgIpc) is 2.35. The van der Waals surface area contributed by atoms with Crippen LogP contribution in [0.4, 0.5) is 8.78 Å². The van der Waals surface area contributed by atoms with Crippen LogP contribution in [-0.2, 0) is 5.88 Å². The molecule has 0 radical (unpaired) electrons. The average molecular weight is 349 g/mol. The zero-order chi connectivity index (χ0) is 14.0. The smallest absolute Gasteiger partial charge is 0.219 e. The van der Waals surface area contributed by atoms with Gasteiger partial charge in [0.05, 0.1) is 0 Å². The number of ether oxygens (including phenoxy) is 1. The van der Waals surface area contributed by atoms with E-state index in [9.17, 15) is 8.78 Å². The van der Waals surface area contributed by atoms with Gasteiger partial charge in [-0.2, -0.15) is 4.39 Å².